The van der Waals surface area contributed by atoms with Gasteiger partial charge in [-0.25, -0.2) is 22.5 Å². The highest BCUT2D eigenvalue weighted by Crippen LogP contribution is 2.42. The third-order valence-electron chi connectivity index (χ3n) is 7.50. The van der Waals surface area contributed by atoms with Crippen molar-refractivity contribution in [1.82, 2.24) is 19.5 Å². The van der Waals surface area contributed by atoms with Gasteiger partial charge in [0.15, 0.2) is 0 Å². The Labute approximate surface area is 257 Å². The highest BCUT2D eigenvalue weighted by Gasteiger charge is 2.32. The quantitative estimate of drug-likeness (QED) is 0.308. The second-order valence-electron chi connectivity index (χ2n) is 12.2. The van der Waals surface area contributed by atoms with Crippen molar-refractivity contribution in [2.45, 2.75) is 65.1 Å². The van der Waals surface area contributed by atoms with Crippen molar-refractivity contribution in [3.05, 3.63) is 52.0 Å². The molecule has 3 aromatic rings. The van der Waals surface area contributed by atoms with Gasteiger partial charge in [0.1, 0.15) is 11.4 Å². The molecule has 1 fully saturated rings. The van der Waals surface area contributed by atoms with Crippen molar-refractivity contribution < 1.29 is 27.5 Å². The summed E-state index contributed by atoms with van der Waals surface area (Å²) in [4.78, 5) is 29.3. The molecule has 0 radical (unpaired) electrons. The summed E-state index contributed by atoms with van der Waals surface area (Å²) in [7, 11) is -3.31. The molecule has 2 aromatic carbocycles. The highest BCUT2D eigenvalue weighted by molar-refractivity contribution is 7.88. The first-order valence-electron chi connectivity index (χ1n) is 14.6. The van der Waals surface area contributed by atoms with E-state index >= 15 is 0 Å². The van der Waals surface area contributed by atoms with Gasteiger partial charge in [0, 0.05) is 36.1 Å². The Kier molecular flexibility index (Phi) is 9.08. The molecule has 0 bridgehead atoms. The van der Waals surface area contributed by atoms with Gasteiger partial charge in [-0.3, -0.25) is 9.69 Å². The number of sulfonamides is 1. The highest BCUT2D eigenvalue weighted by atomic mass is 35.5. The van der Waals surface area contributed by atoms with Crippen molar-refractivity contribution in [1.29, 1.82) is 0 Å². The van der Waals surface area contributed by atoms with Gasteiger partial charge < -0.3 is 14.8 Å². The molecule has 2 aliphatic rings. The fourth-order valence-corrected chi connectivity index (χ4v) is 6.42. The average Bonchev–Trinajstić information content (AvgIpc) is 3.50. The summed E-state index contributed by atoms with van der Waals surface area (Å²) in [6.45, 7) is 9.02. The number of rotatable bonds is 9. The average molecular weight is 631 g/mol. The Morgan fingerprint density at radius 1 is 1.12 bits per heavy atom. The largest absolute Gasteiger partial charge is 0.492 e. The predicted octanol–water partition coefficient (Wildman–Crippen LogP) is 5.29. The van der Waals surface area contributed by atoms with Crippen molar-refractivity contribution >= 4 is 44.5 Å². The second-order valence-corrected chi connectivity index (χ2v) is 14.4. The summed E-state index contributed by atoms with van der Waals surface area (Å²) in [5, 5.41) is 4.00. The molecule has 0 unspecified atom stereocenters. The van der Waals surface area contributed by atoms with Crippen LogP contribution in [0.4, 0.5) is 4.79 Å². The SMILES string of the molecule is CC(C)(C)OC(=O)n1c(-c2cc(OCCCNS(C)(=O)=O)c(Cl)c3c2C(=O)NC3)cc2cc(CN3CCCCC3)ccc21. The van der Waals surface area contributed by atoms with Crippen molar-refractivity contribution in [2.75, 3.05) is 32.5 Å². The molecule has 1 aromatic heterocycles. The number of ether oxygens (including phenoxy) is 2. The van der Waals surface area contributed by atoms with E-state index in [0.29, 0.717) is 45.1 Å². The van der Waals surface area contributed by atoms with E-state index in [1.165, 1.54) is 23.8 Å². The number of hydrogen-bond acceptors (Lipinski definition) is 7. The number of nitrogens with zero attached hydrogens (tertiary/aromatic N) is 2. The maximum atomic E-state index is 13.7. The molecule has 0 saturated carbocycles. The number of hydrogen-bond donors (Lipinski definition) is 2. The molecule has 3 heterocycles. The van der Waals surface area contributed by atoms with Crippen molar-refractivity contribution in [3.8, 4) is 17.0 Å². The molecule has 2 aliphatic heterocycles. The van der Waals surface area contributed by atoms with Gasteiger partial charge in [-0.05, 0) is 83.0 Å². The molecule has 1 amide bonds. The molecule has 5 rings (SSSR count). The number of amides is 1. The lowest BCUT2D eigenvalue weighted by Crippen LogP contribution is -2.29. The summed E-state index contributed by atoms with van der Waals surface area (Å²) in [6.07, 6.45) is 4.61. The smallest absolute Gasteiger partial charge is 0.419 e. The van der Waals surface area contributed by atoms with Gasteiger partial charge in [-0.2, -0.15) is 0 Å². The molecule has 10 nitrogen and oxygen atoms in total. The first-order chi connectivity index (χ1) is 20.3. The normalized spacial score (nSPS) is 15.9. The number of benzene rings is 2. The lowest BCUT2D eigenvalue weighted by molar-refractivity contribution is 0.0546. The Hall–Kier alpha value is -3.12. The van der Waals surface area contributed by atoms with E-state index in [1.807, 2.05) is 39.0 Å². The molecular formula is C31H39ClN4O6S. The number of carbonyl (C=O) groups is 2. The first kappa shape index (κ1) is 31.3. The van der Waals surface area contributed by atoms with Crippen LogP contribution < -0.4 is 14.8 Å². The minimum Gasteiger partial charge on any atom is -0.492 e. The lowest BCUT2D eigenvalue weighted by Gasteiger charge is -2.26. The van der Waals surface area contributed by atoms with E-state index in [2.05, 4.69) is 21.0 Å². The van der Waals surface area contributed by atoms with Gasteiger partial charge in [0.05, 0.1) is 34.7 Å². The van der Waals surface area contributed by atoms with Gasteiger partial charge in [-0.1, -0.05) is 24.1 Å². The van der Waals surface area contributed by atoms with Gasteiger partial charge in [-0.15, -0.1) is 0 Å². The summed E-state index contributed by atoms with van der Waals surface area (Å²) in [5.74, 6) is 0.0561. The van der Waals surface area contributed by atoms with E-state index in [-0.39, 0.29) is 25.6 Å². The van der Waals surface area contributed by atoms with Crippen LogP contribution >= 0.6 is 11.6 Å². The fraction of sp³-hybridized carbons (Fsp3) is 0.484. The Bertz CT molecular complexity index is 1650. The molecule has 0 atom stereocenters. The number of nitrogens with one attached hydrogen (secondary N) is 2. The Morgan fingerprint density at radius 3 is 2.56 bits per heavy atom. The fourth-order valence-electron chi connectivity index (χ4n) is 5.63. The van der Waals surface area contributed by atoms with Crippen LogP contribution in [0.25, 0.3) is 22.2 Å². The third kappa shape index (κ3) is 7.34. The maximum absolute atomic E-state index is 13.7. The van der Waals surface area contributed by atoms with Crippen LogP contribution in [0, 0.1) is 0 Å². The maximum Gasteiger partial charge on any atom is 0.419 e. The van der Waals surface area contributed by atoms with E-state index in [9.17, 15) is 18.0 Å². The van der Waals surface area contributed by atoms with Crippen LogP contribution in [0.1, 0.15) is 67.9 Å². The minimum absolute atomic E-state index is 0.191. The molecule has 1 saturated heterocycles. The lowest BCUT2D eigenvalue weighted by atomic mass is 9.99. The molecule has 0 aliphatic carbocycles. The zero-order valence-corrected chi connectivity index (χ0v) is 26.7. The monoisotopic (exact) mass is 630 g/mol. The van der Waals surface area contributed by atoms with Crippen molar-refractivity contribution in [2.24, 2.45) is 0 Å². The first-order valence-corrected chi connectivity index (χ1v) is 16.9. The standard InChI is InChI=1S/C31H39ClN4O6S/c1-31(2,3)42-30(38)36-24-10-9-20(19-35-12-6-5-7-13-35)15-21(24)16-25(36)22-17-26(41-14-8-11-34-43(4,39)40)28(32)23-18-33-29(37)27(22)23/h9-10,15-17,34H,5-8,11-14,18-19H2,1-4H3,(H,33,37). The van der Waals surface area contributed by atoms with Crippen LogP contribution in [0.2, 0.25) is 5.02 Å². The number of fused-ring (bicyclic) bond motifs is 2. The van der Waals surface area contributed by atoms with Gasteiger partial charge >= 0.3 is 6.09 Å². The molecule has 12 heteroatoms. The number of halogens is 1. The molecule has 232 valence electrons. The number of piperidine rings is 1. The third-order valence-corrected chi connectivity index (χ3v) is 8.64. The predicted molar refractivity (Wildman–Crippen MR) is 167 cm³/mol. The number of likely N-dealkylation sites (tertiary alicyclic amines) is 1. The summed E-state index contributed by atoms with van der Waals surface area (Å²) < 4.78 is 38.6. The van der Waals surface area contributed by atoms with E-state index in [1.54, 1.807) is 6.07 Å². The van der Waals surface area contributed by atoms with Crippen LogP contribution in [0.5, 0.6) is 5.75 Å². The molecule has 2 N–H and O–H groups in total. The Balaban J connectivity index is 1.57. The summed E-state index contributed by atoms with van der Waals surface area (Å²) >= 11 is 6.71. The van der Waals surface area contributed by atoms with E-state index in [4.69, 9.17) is 21.1 Å². The van der Waals surface area contributed by atoms with E-state index in [0.717, 1.165) is 36.8 Å². The Morgan fingerprint density at radius 2 is 1.86 bits per heavy atom. The zero-order valence-electron chi connectivity index (χ0n) is 25.1. The van der Waals surface area contributed by atoms with Crippen LogP contribution in [0.3, 0.4) is 0 Å². The summed E-state index contributed by atoms with van der Waals surface area (Å²) in [5.41, 5.74) is 3.03. The number of carbonyl (C=O) groups excluding carboxylic acids is 2. The van der Waals surface area contributed by atoms with Gasteiger partial charge in [0.25, 0.3) is 5.91 Å². The number of aromatic nitrogens is 1. The van der Waals surface area contributed by atoms with Crippen LogP contribution in [-0.2, 0) is 27.8 Å². The van der Waals surface area contributed by atoms with E-state index < -0.39 is 21.7 Å². The molecular weight excluding hydrogens is 592 g/mol. The molecule has 0 spiro atoms. The van der Waals surface area contributed by atoms with Gasteiger partial charge in [0.2, 0.25) is 10.0 Å². The van der Waals surface area contributed by atoms with Crippen LogP contribution in [-0.4, -0.2) is 68.0 Å². The molecule has 43 heavy (non-hydrogen) atoms. The topological polar surface area (TPSA) is 119 Å². The van der Waals surface area contributed by atoms with Crippen LogP contribution in [0.15, 0.2) is 30.3 Å². The van der Waals surface area contributed by atoms with Crippen molar-refractivity contribution in [3.63, 3.8) is 0 Å². The minimum atomic E-state index is -3.31. The second kappa shape index (κ2) is 12.5. The zero-order chi connectivity index (χ0) is 30.9. The summed E-state index contributed by atoms with van der Waals surface area (Å²) in [6, 6.07) is 9.66.